The number of anilines is 3. The summed E-state index contributed by atoms with van der Waals surface area (Å²) in [6.45, 7) is 16.3. The monoisotopic (exact) mass is 819 g/mol. The van der Waals surface area contributed by atoms with E-state index in [0.717, 1.165) is 132 Å². The first-order valence-corrected chi connectivity index (χ1v) is 22.7. The number of carbonyl (C=O) groups is 4. The van der Waals surface area contributed by atoms with Crippen molar-refractivity contribution in [2.24, 2.45) is 0 Å². The van der Waals surface area contributed by atoms with Gasteiger partial charge >= 0.3 is 11.9 Å². The van der Waals surface area contributed by atoms with Gasteiger partial charge in [-0.1, -0.05) is 84.7 Å². The molecule has 3 aliphatic heterocycles. The Hall–Kier alpha value is -5.70. The van der Waals surface area contributed by atoms with Crippen LogP contribution >= 0.6 is 0 Å². The Labute approximate surface area is 358 Å². The van der Waals surface area contributed by atoms with Crippen molar-refractivity contribution in [1.82, 2.24) is 0 Å². The lowest BCUT2D eigenvalue weighted by Crippen LogP contribution is -2.42. The van der Waals surface area contributed by atoms with Gasteiger partial charge in [-0.2, -0.15) is 0 Å². The molecule has 2 saturated heterocycles. The van der Waals surface area contributed by atoms with Gasteiger partial charge in [0.15, 0.2) is 0 Å². The second-order valence-corrected chi connectivity index (χ2v) is 17.9. The number of carbonyl (C=O) groups excluding carboxylic acids is 4. The SMILES string of the molecule is CCCCOC(=O)c1ccc2c3c(N4CCCC4)cc4c5c(ccc(c6c(N7CCCC7)cc(C(=O)OCCCC)c1c26)c53)C(=O)N(c1c(C(C)C)cccc1C(C)C)C4=O. The molecule has 0 bridgehead atoms. The Balaban J connectivity index is 1.42. The molecule has 61 heavy (non-hydrogen) atoms. The molecule has 0 saturated carbocycles. The van der Waals surface area contributed by atoms with Gasteiger partial charge in [-0.25, -0.2) is 14.5 Å². The number of esters is 2. The van der Waals surface area contributed by atoms with E-state index < -0.39 is 11.9 Å². The first kappa shape index (κ1) is 40.7. The van der Waals surface area contributed by atoms with Gasteiger partial charge in [0.1, 0.15) is 0 Å². The van der Waals surface area contributed by atoms with Crippen molar-refractivity contribution in [3.05, 3.63) is 88.0 Å². The van der Waals surface area contributed by atoms with Gasteiger partial charge in [0, 0.05) is 75.4 Å². The number of unbranched alkanes of at least 4 members (excludes halogenated alkanes) is 2. The van der Waals surface area contributed by atoms with Crippen molar-refractivity contribution in [3.63, 3.8) is 0 Å². The third kappa shape index (κ3) is 6.57. The first-order valence-electron chi connectivity index (χ1n) is 22.7. The third-order valence-electron chi connectivity index (χ3n) is 13.3. The quantitative estimate of drug-likeness (QED) is 0.0374. The molecule has 9 nitrogen and oxygen atoms in total. The normalized spacial score (nSPS) is 15.6. The number of rotatable bonds is 13. The standard InChI is InChI=1S/C52H57N3O6/c1-7-9-26-60-51(58)37-21-19-35-44-40(53-22-11-12-23-53)28-38-42-36(49(56)55(50(38)57)48-32(30(3)4)16-15-17-33(48)31(5)6)20-18-34(46(42)44)45-41(54-24-13-14-25-54)29-39(43(37)47(35)45)52(59)61-27-10-8-2/h15-21,28-31H,7-14,22-27H2,1-6H3. The molecule has 0 radical (unpaired) electrons. The number of hydrogen-bond donors (Lipinski definition) is 0. The molecule has 0 aliphatic carbocycles. The van der Waals surface area contributed by atoms with Crippen LogP contribution in [0, 0.1) is 0 Å². The maximum atomic E-state index is 15.4. The molecular weight excluding hydrogens is 763 g/mol. The lowest BCUT2D eigenvalue weighted by molar-refractivity contribution is 0.0500. The Morgan fingerprint density at radius 2 is 1.07 bits per heavy atom. The highest BCUT2D eigenvalue weighted by Gasteiger charge is 2.40. The molecule has 3 aliphatic rings. The van der Waals surface area contributed by atoms with Gasteiger partial charge in [0.2, 0.25) is 0 Å². The number of amides is 2. The number of benzene rings is 6. The largest absolute Gasteiger partial charge is 0.462 e. The van der Waals surface area contributed by atoms with Crippen LogP contribution in [0.15, 0.2) is 54.6 Å². The third-order valence-corrected chi connectivity index (χ3v) is 13.3. The summed E-state index contributed by atoms with van der Waals surface area (Å²) >= 11 is 0. The van der Waals surface area contributed by atoms with Crippen LogP contribution in [0.3, 0.4) is 0 Å². The lowest BCUT2D eigenvalue weighted by Gasteiger charge is -2.34. The number of imide groups is 1. The van der Waals surface area contributed by atoms with E-state index in [-0.39, 0.29) is 36.9 Å². The minimum Gasteiger partial charge on any atom is -0.462 e. The highest BCUT2D eigenvalue weighted by Crippen LogP contribution is 2.52. The molecule has 0 aromatic heterocycles. The van der Waals surface area contributed by atoms with Crippen LogP contribution in [-0.4, -0.2) is 63.1 Å². The molecular formula is C52H57N3O6. The number of ether oxygens (including phenoxy) is 2. The molecule has 0 N–H and O–H groups in total. The zero-order chi connectivity index (χ0) is 42.7. The second kappa shape index (κ2) is 16.3. The molecule has 0 spiro atoms. The van der Waals surface area contributed by atoms with Crippen molar-refractivity contribution in [1.29, 1.82) is 0 Å². The molecule has 2 amide bonds. The summed E-state index contributed by atoms with van der Waals surface area (Å²) < 4.78 is 11.8. The van der Waals surface area contributed by atoms with Gasteiger partial charge < -0.3 is 19.3 Å². The van der Waals surface area contributed by atoms with Crippen molar-refractivity contribution >= 4 is 83.9 Å². The highest BCUT2D eigenvalue weighted by atomic mass is 16.5. The van der Waals surface area contributed by atoms with E-state index >= 15 is 9.59 Å². The van der Waals surface area contributed by atoms with E-state index in [4.69, 9.17) is 9.47 Å². The van der Waals surface area contributed by atoms with E-state index in [1.54, 1.807) is 6.07 Å². The molecule has 2 fully saturated rings. The van der Waals surface area contributed by atoms with E-state index in [2.05, 4.69) is 51.3 Å². The van der Waals surface area contributed by atoms with Crippen molar-refractivity contribution in [3.8, 4) is 0 Å². The fourth-order valence-corrected chi connectivity index (χ4v) is 10.2. The van der Waals surface area contributed by atoms with Gasteiger partial charge in [0.25, 0.3) is 11.8 Å². The van der Waals surface area contributed by atoms with Crippen molar-refractivity contribution < 1.29 is 28.7 Å². The smallest absolute Gasteiger partial charge is 0.338 e. The van der Waals surface area contributed by atoms with Crippen LogP contribution in [0.4, 0.5) is 17.1 Å². The molecule has 9 rings (SSSR count). The number of para-hydroxylation sites is 1. The maximum Gasteiger partial charge on any atom is 0.338 e. The van der Waals surface area contributed by atoms with Crippen molar-refractivity contribution in [2.45, 2.75) is 105 Å². The minimum absolute atomic E-state index is 0.0786. The summed E-state index contributed by atoms with van der Waals surface area (Å²) in [4.78, 5) is 65.3. The summed E-state index contributed by atoms with van der Waals surface area (Å²) in [6.07, 6.45) is 7.25. The van der Waals surface area contributed by atoms with E-state index in [1.807, 2.05) is 48.5 Å². The second-order valence-electron chi connectivity index (χ2n) is 17.9. The Bertz CT molecular complexity index is 2710. The number of nitrogens with zero attached hydrogens (tertiary/aromatic N) is 3. The predicted molar refractivity (Wildman–Crippen MR) is 247 cm³/mol. The zero-order valence-corrected chi connectivity index (χ0v) is 36.5. The van der Waals surface area contributed by atoms with Crippen LogP contribution in [0.25, 0.3) is 43.1 Å². The van der Waals surface area contributed by atoms with Gasteiger partial charge in [-0.05, 0) is 96.5 Å². The summed E-state index contributed by atoms with van der Waals surface area (Å²) in [5, 5.41) is 6.42. The zero-order valence-electron chi connectivity index (χ0n) is 36.5. The van der Waals surface area contributed by atoms with Gasteiger partial charge in [-0.3, -0.25) is 9.59 Å². The van der Waals surface area contributed by atoms with E-state index in [9.17, 15) is 9.59 Å². The molecule has 3 heterocycles. The fraction of sp³-hybridized carbons (Fsp3) is 0.423. The average molecular weight is 820 g/mol. The molecule has 9 heteroatoms. The van der Waals surface area contributed by atoms with Crippen LogP contribution in [0.1, 0.15) is 157 Å². The van der Waals surface area contributed by atoms with E-state index in [1.165, 1.54) is 4.90 Å². The minimum atomic E-state index is -0.475. The fourth-order valence-electron chi connectivity index (χ4n) is 10.2. The lowest BCUT2D eigenvalue weighted by atomic mass is 9.81. The Morgan fingerprint density at radius 3 is 1.61 bits per heavy atom. The van der Waals surface area contributed by atoms with Gasteiger partial charge in [0.05, 0.1) is 35.6 Å². The molecule has 6 aromatic carbocycles. The van der Waals surface area contributed by atoms with Crippen LogP contribution in [-0.2, 0) is 9.47 Å². The van der Waals surface area contributed by atoms with Gasteiger partial charge in [-0.15, -0.1) is 0 Å². The van der Waals surface area contributed by atoms with E-state index in [0.29, 0.717) is 38.7 Å². The summed E-state index contributed by atoms with van der Waals surface area (Å²) in [5.41, 5.74) is 6.11. The maximum absolute atomic E-state index is 15.4. The topological polar surface area (TPSA) is 96.5 Å². The summed E-state index contributed by atoms with van der Waals surface area (Å²) in [5.74, 6) is -1.43. The number of hydrogen-bond acceptors (Lipinski definition) is 8. The number of fused-ring (bicyclic) bond motifs is 2. The first-order chi connectivity index (χ1) is 29.6. The Kier molecular flexibility index (Phi) is 10.9. The predicted octanol–water partition coefficient (Wildman–Crippen LogP) is 11.9. The molecule has 316 valence electrons. The molecule has 6 aromatic rings. The van der Waals surface area contributed by atoms with Crippen molar-refractivity contribution in [2.75, 3.05) is 54.1 Å². The molecule has 0 unspecified atom stereocenters. The Morgan fingerprint density at radius 1 is 0.574 bits per heavy atom. The molecule has 0 atom stereocenters. The highest BCUT2D eigenvalue weighted by molar-refractivity contribution is 6.45. The van der Waals surface area contributed by atoms with Crippen LogP contribution in [0.2, 0.25) is 0 Å². The average Bonchev–Trinajstić information content (AvgIpc) is 4.01. The summed E-state index contributed by atoms with van der Waals surface area (Å²) in [6, 6.07) is 17.8. The van der Waals surface area contributed by atoms with Crippen LogP contribution in [0.5, 0.6) is 0 Å². The van der Waals surface area contributed by atoms with Crippen LogP contribution < -0.4 is 14.7 Å². The summed E-state index contributed by atoms with van der Waals surface area (Å²) in [7, 11) is 0.